The number of aromatic nitrogens is 2. The summed E-state index contributed by atoms with van der Waals surface area (Å²) in [4.78, 5) is 16.6. The van der Waals surface area contributed by atoms with Crippen molar-refractivity contribution in [3.8, 4) is 0 Å². The Labute approximate surface area is 137 Å². The van der Waals surface area contributed by atoms with E-state index in [0.29, 0.717) is 38.4 Å². The number of imidazole rings is 1. The Balaban J connectivity index is 1.42. The van der Waals surface area contributed by atoms with Gasteiger partial charge in [0.2, 0.25) is 15.9 Å². The largest absolute Gasteiger partial charge is 0.354 e. The second-order valence-electron chi connectivity index (χ2n) is 6.48. The van der Waals surface area contributed by atoms with Crippen molar-refractivity contribution < 1.29 is 13.2 Å². The van der Waals surface area contributed by atoms with Crippen molar-refractivity contribution in [3.05, 3.63) is 18.2 Å². The third-order valence-corrected chi connectivity index (χ3v) is 5.94. The number of carbonyl (C=O) groups is 1. The second kappa shape index (κ2) is 6.60. The fourth-order valence-electron chi connectivity index (χ4n) is 3.10. The third-order valence-electron chi connectivity index (χ3n) is 4.64. The highest BCUT2D eigenvalue weighted by Gasteiger charge is 2.29. The highest BCUT2D eigenvalue weighted by molar-refractivity contribution is 7.88. The van der Waals surface area contributed by atoms with Gasteiger partial charge in [-0.3, -0.25) is 4.79 Å². The van der Waals surface area contributed by atoms with Gasteiger partial charge in [0.05, 0.1) is 6.26 Å². The van der Waals surface area contributed by atoms with Crippen LogP contribution < -0.4 is 5.32 Å². The fourth-order valence-corrected chi connectivity index (χ4v) is 3.98. The minimum absolute atomic E-state index is 0.0336. The van der Waals surface area contributed by atoms with Gasteiger partial charge in [0.15, 0.2) is 0 Å². The summed E-state index contributed by atoms with van der Waals surface area (Å²) < 4.78 is 26.5. The first kappa shape index (κ1) is 16.4. The average Bonchev–Trinajstić information content (AvgIpc) is 3.26. The molecule has 1 saturated heterocycles. The summed E-state index contributed by atoms with van der Waals surface area (Å²) in [6.45, 7) is 2.19. The van der Waals surface area contributed by atoms with Crippen LogP contribution in [-0.2, 0) is 21.4 Å². The Morgan fingerprint density at radius 3 is 2.61 bits per heavy atom. The molecule has 0 unspecified atom stereocenters. The summed E-state index contributed by atoms with van der Waals surface area (Å²) in [7, 11) is -3.14. The number of rotatable bonds is 6. The highest BCUT2D eigenvalue weighted by Crippen LogP contribution is 2.38. The van der Waals surface area contributed by atoms with Gasteiger partial charge in [-0.05, 0) is 25.7 Å². The van der Waals surface area contributed by atoms with Gasteiger partial charge in [-0.1, -0.05) is 0 Å². The summed E-state index contributed by atoms with van der Waals surface area (Å²) in [6, 6.07) is 0. The molecule has 7 nitrogen and oxygen atoms in total. The molecule has 3 rings (SSSR count). The number of nitrogens with zero attached hydrogens (tertiary/aromatic N) is 3. The molecule has 1 aromatic heterocycles. The number of sulfonamides is 1. The zero-order valence-electron chi connectivity index (χ0n) is 13.4. The number of hydrogen-bond acceptors (Lipinski definition) is 4. The molecule has 0 radical (unpaired) electrons. The molecule has 0 atom stereocenters. The number of hydrogen-bond donors (Lipinski definition) is 1. The summed E-state index contributed by atoms with van der Waals surface area (Å²) >= 11 is 0. The van der Waals surface area contributed by atoms with Gasteiger partial charge in [-0.25, -0.2) is 17.7 Å². The molecule has 128 valence electrons. The van der Waals surface area contributed by atoms with Gasteiger partial charge in [0.25, 0.3) is 0 Å². The minimum Gasteiger partial charge on any atom is -0.354 e. The number of nitrogens with one attached hydrogen (secondary N) is 1. The van der Waals surface area contributed by atoms with Crippen LogP contribution in [0.4, 0.5) is 0 Å². The molecule has 2 heterocycles. The van der Waals surface area contributed by atoms with Crippen molar-refractivity contribution in [2.75, 3.05) is 25.9 Å². The molecule has 2 fully saturated rings. The van der Waals surface area contributed by atoms with E-state index in [2.05, 4.69) is 14.9 Å². The van der Waals surface area contributed by atoms with E-state index < -0.39 is 10.0 Å². The summed E-state index contributed by atoms with van der Waals surface area (Å²) in [5.74, 6) is 1.67. The van der Waals surface area contributed by atoms with Crippen LogP contribution in [-0.4, -0.2) is 54.1 Å². The van der Waals surface area contributed by atoms with Crippen molar-refractivity contribution in [1.82, 2.24) is 19.2 Å². The fraction of sp³-hybridized carbons (Fsp3) is 0.733. The second-order valence-corrected chi connectivity index (χ2v) is 8.46. The SMILES string of the molecule is CS(=O)(=O)N1CCC(C(=O)NCCn2ccnc2C2CC2)CC1. The molecule has 0 bridgehead atoms. The molecule has 1 amide bonds. The maximum atomic E-state index is 12.2. The van der Waals surface area contributed by atoms with Crippen molar-refractivity contribution in [3.63, 3.8) is 0 Å². The number of piperidine rings is 1. The van der Waals surface area contributed by atoms with E-state index in [1.807, 2.05) is 12.4 Å². The van der Waals surface area contributed by atoms with Gasteiger partial charge in [-0.2, -0.15) is 0 Å². The van der Waals surface area contributed by atoms with Crippen LogP contribution in [0.5, 0.6) is 0 Å². The lowest BCUT2D eigenvalue weighted by Crippen LogP contribution is -2.43. The van der Waals surface area contributed by atoms with Crippen molar-refractivity contribution >= 4 is 15.9 Å². The van der Waals surface area contributed by atoms with Crippen LogP contribution in [0.3, 0.4) is 0 Å². The van der Waals surface area contributed by atoms with Crippen molar-refractivity contribution in [1.29, 1.82) is 0 Å². The molecule has 0 spiro atoms. The maximum absolute atomic E-state index is 12.2. The van der Waals surface area contributed by atoms with Crippen LogP contribution in [0.2, 0.25) is 0 Å². The average molecular weight is 340 g/mol. The van der Waals surface area contributed by atoms with E-state index in [1.54, 1.807) is 0 Å². The first-order chi connectivity index (χ1) is 10.9. The summed E-state index contributed by atoms with van der Waals surface area (Å²) in [5.41, 5.74) is 0. The quantitative estimate of drug-likeness (QED) is 0.819. The van der Waals surface area contributed by atoms with E-state index in [0.717, 1.165) is 12.4 Å². The van der Waals surface area contributed by atoms with Gasteiger partial charge in [-0.15, -0.1) is 0 Å². The molecule has 1 saturated carbocycles. The molecule has 0 aromatic carbocycles. The summed E-state index contributed by atoms with van der Waals surface area (Å²) in [5, 5.41) is 2.98. The minimum atomic E-state index is -3.14. The van der Waals surface area contributed by atoms with E-state index in [4.69, 9.17) is 0 Å². The van der Waals surface area contributed by atoms with E-state index in [-0.39, 0.29) is 11.8 Å². The molecule has 8 heteroatoms. The molecule has 1 aliphatic carbocycles. The van der Waals surface area contributed by atoms with Crippen LogP contribution in [0, 0.1) is 5.92 Å². The zero-order chi connectivity index (χ0) is 16.4. The first-order valence-electron chi connectivity index (χ1n) is 8.19. The number of amides is 1. The predicted molar refractivity (Wildman–Crippen MR) is 86.4 cm³/mol. The molecule has 1 aromatic rings. The third kappa shape index (κ3) is 4.11. The van der Waals surface area contributed by atoms with Gasteiger partial charge in [0.1, 0.15) is 5.82 Å². The predicted octanol–water partition coefficient (Wildman–Crippen LogP) is 0.548. The van der Waals surface area contributed by atoms with Gasteiger partial charge < -0.3 is 9.88 Å². The molecule has 1 aliphatic heterocycles. The Hall–Kier alpha value is -1.41. The Morgan fingerprint density at radius 2 is 2.00 bits per heavy atom. The van der Waals surface area contributed by atoms with E-state index >= 15 is 0 Å². The topological polar surface area (TPSA) is 84.3 Å². The van der Waals surface area contributed by atoms with E-state index in [1.165, 1.54) is 23.4 Å². The molecular formula is C15H24N4O3S. The van der Waals surface area contributed by atoms with Gasteiger partial charge >= 0.3 is 0 Å². The highest BCUT2D eigenvalue weighted by atomic mass is 32.2. The summed E-state index contributed by atoms with van der Waals surface area (Å²) in [6.07, 6.45) is 8.61. The smallest absolute Gasteiger partial charge is 0.223 e. The molecule has 2 aliphatic rings. The van der Waals surface area contributed by atoms with Crippen LogP contribution in [0.25, 0.3) is 0 Å². The normalized spacial score (nSPS) is 20.6. The molecule has 1 N–H and O–H groups in total. The Kier molecular flexibility index (Phi) is 4.72. The van der Waals surface area contributed by atoms with Gasteiger partial charge in [0, 0.05) is 50.4 Å². The lowest BCUT2D eigenvalue weighted by molar-refractivity contribution is -0.126. The molecule has 23 heavy (non-hydrogen) atoms. The Morgan fingerprint density at radius 1 is 1.30 bits per heavy atom. The van der Waals surface area contributed by atoms with Crippen LogP contribution >= 0.6 is 0 Å². The Bertz CT molecular complexity index is 658. The lowest BCUT2D eigenvalue weighted by Gasteiger charge is -2.29. The maximum Gasteiger partial charge on any atom is 0.223 e. The standard InChI is InChI=1S/C15H24N4O3S/c1-23(21,22)19-8-4-13(5-9-19)15(20)17-7-11-18-10-6-16-14(18)12-2-3-12/h6,10,12-13H,2-5,7-9,11H2,1H3,(H,17,20). The monoisotopic (exact) mass is 340 g/mol. The first-order valence-corrected chi connectivity index (χ1v) is 10.0. The van der Waals surface area contributed by atoms with E-state index in [9.17, 15) is 13.2 Å². The zero-order valence-corrected chi connectivity index (χ0v) is 14.3. The van der Waals surface area contributed by atoms with Crippen molar-refractivity contribution in [2.24, 2.45) is 5.92 Å². The molecular weight excluding hydrogens is 316 g/mol. The lowest BCUT2D eigenvalue weighted by atomic mass is 9.97. The van der Waals surface area contributed by atoms with Crippen molar-refractivity contribution in [2.45, 2.75) is 38.1 Å². The van der Waals surface area contributed by atoms with Crippen LogP contribution in [0.1, 0.15) is 37.4 Å². The number of carbonyl (C=O) groups excluding carboxylic acids is 1. The van der Waals surface area contributed by atoms with Crippen LogP contribution in [0.15, 0.2) is 12.4 Å².